The standard InChI is InChI=1S/C17H19NO3/c1-17(2,3)14(16(20)21)15(19)18-13-9-8-11-6-4-5-7-12(11)10-13/h4-10,14H,1-3H3,(H,18,19)(H,20,21). The second-order valence-electron chi connectivity index (χ2n) is 6.19. The summed E-state index contributed by atoms with van der Waals surface area (Å²) in [5, 5.41) is 14.0. The summed E-state index contributed by atoms with van der Waals surface area (Å²) >= 11 is 0. The van der Waals surface area contributed by atoms with Crippen molar-refractivity contribution in [2.45, 2.75) is 20.8 Å². The minimum absolute atomic E-state index is 0.495. The number of amides is 1. The summed E-state index contributed by atoms with van der Waals surface area (Å²) in [4.78, 5) is 23.6. The first-order valence-electron chi connectivity index (χ1n) is 6.81. The Labute approximate surface area is 123 Å². The lowest BCUT2D eigenvalue weighted by molar-refractivity contribution is -0.149. The highest BCUT2D eigenvalue weighted by molar-refractivity contribution is 6.05. The minimum atomic E-state index is -1.11. The van der Waals surface area contributed by atoms with E-state index < -0.39 is 23.2 Å². The van der Waals surface area contributed by atoms with Crippen LogP contribution in [0.15, 0.2) is 42.5 Å². The topological polar surface area (TPSA) is 66.4 Å². The molecule has 0 radical (unpaired) electrons. The van der Waals surface area contributed by atoms with Gasteiger partial charge in [0.15, 0.2) is 0 Å². The van der Waals surface area contributed by atoms with Gasteiger partial charge in [0, 0.05) is 5.69 Å². The van der Waals surface area contributed by atoms with Crippen LogP contribution in [0.5, 0.6) is 0 Å². The predicted molar refractivity (Wildman–Crippen MR) is 83.2 cm³/mol. The molecule has 21 heavy (non-hydrogen) atoms. The number of aliphatic carboxylic acids is 1. The normalized spacial score (nSPS) is 12.9. The third-order valence-electron chi connectivity index (χ3n) is 3.39. The number of hydrogen-bond donors (Lipinski definition) is 2. The number of anilines is 1. The highest BCUT2D eigenvalue weighted by Gasteiger charge is 2.37. The lowest BCUT2D eigenvalue weighted by Crippen LogP contribution is -2.39. The predicted octanol–water partition coefficient (Wildman–Crippen LogP) is 3.53. The SMILES string of the molecule is CC(C)(C)C(C(=O)O)C(=O)Nc1ccc2ccccc2c1. The summed E-state index contributed by atoms with van der Waals surface area (Å²) in [6.07, 6.45) is 0. The number of nitrogens with one attached hydrogen (secondary N) is 1. The number of hydrogen-bond acceptors (Lipinski definition) is 2. The van der Waals surface area contributed by atoms with E-state index in [9.17, 15) is 14.7 Å². The number of carbonyl (C=O) groups is 2. The summed E-state index contributed by atoms with van der Waals surface area (Å²) in [5.41, 5.74) is -0.0403. The molecular weight excluding hydrogens is 266 g/mol. The van der Waals surface area contributed by atoms with Crippen LogP contribution < -0.4 is 5.32 Å². The van der Waals surface area contributed by atoms with Gasteiger partial charge in [0.1, 0.15) is 5.92 Å². The van der Waals surface area contributed by atoms with Gasteiger partial charge in [0.05, 0.1) is 0 Å². The van der Waals surface area contributed by atoms with Gasteiger partial charge in [-0.15, -0.1) is 0 Å². The van der Waals surface area contributed by atoms with Crippen LogP contribution in [0.2, 0.25) is 0 Å². The summed E-state index contributed by atoms with van der Waals surface area (Å²) in [6, 6.07) is 13.3. The van der Waals surface area contributed by atoms with Crippen molar-refractivity contribution in [3.05, 3.63) is 42.5 Å². The van der Waals surface area contributed by atoms with Crippen molar-refractivity contribution in [2.75, 3.05) is 5.32 Å². The number of rotatable bonds is 3. The van der Waals surface area contributed by atoms with Gasteiger partial charge >= 0.3 is 5.97 Å². The van der Waals surface area contributed by atoms with E-state index >= 15 is 0 Å². The molecule has 0 bridgehead atoms. The van der Waals surface area contributed by atoms with Crippen LogP contribution in [0.3, 0.4) is 0 Å². The molecule has 0 spiro atoms. The molecule has 1 unspecified atom stereocenters. The maximum Gasteiger partial charge on any atom is 0.316 e. The number of carbonyl (C=O) groups excluding carboxylic acids is 1. The molecule has 2 N–H and O–H groups in total. The van der Waals surface area contributed by atoms with Crippen molar-refractivity contribution in [3.63, 3.8) is 0 Å². The van der Waals surface area contributed by atoms with Crippen LogP contribution in [-0.4, -0.2) is 17.0 Å². The van der Waals surface area contributed by atoms with Crippen LogP contribution in [-0.2, 0) is 9.59 Å². The summed E-state index contributed by atoms with van der Waals surface area (Å²) < 4.78 is 0. The molecule has 0 aliphatic rings. The number of carboxylic acid groups (broad SMARTS) is 1. The molecule has 1 amide bonds. The van der Waals surface area contributed by atoms with E-state index in [0.717, 1.165) is 10.8 Å². The molecule has 0 aliphatic heterocycles. The van der Waals surface area contributed by atoms with Gasteiger partial charge in [-0.1, -0.05) is 51.1 Å². The second-order valence-corrected chi connectivity index (χ2v) is 6.19. The van der Waals surface area contributed by atoms with Crippen LogP contribution in [0, 0.1) is 11.3 Å². The monoisotopic (exact) mass is 285 g/mol. The molecule has 2 aromatic rings. The van der Waals surface area contributed by atoms with E-state index in [0.29, 0.717) is 5.69 Å². The first kappa shape index (κ1) is 15.0. The van der Waals surface area contributed by atoms with E-state index in [1.54, 1.807) is 26.8 Å². The average molecular weight is 285 g/mol. The van der Waals surface area contributed by atoms with E-state index in [1.165, 1.54) is 0 Å². The van der Waals surface area contributed by atoms with Crippen molar-refractivity contribution in [1.82, 2.24) is 0 Å². The van der Waals surface area contributed by atoms with Gasteiger partial charge in [-0.3, -0.25) is 9.59 Å². The molecule has 0 heterocycles. The first-order chi connectivity index (χ1) is 9.79. The van der Waals surface area contributed by atoms with Crippen molar-refractivity contribution in [1.29, 1.82) is 0 Å². The van der Waals surface area contributed by atoms with Crippen LogP contribution in [0.4, 0.5) is 5.69 Å². The Hall–Kier alpha value is -2.36. The number of fused-ring (bicyclic) bond motifs is 1. The lowest BCUT2D eigenvalue weighted by atomic mass is 9.80. The Morgan fingerprint density at radius 2 is 1.67 bits per heavy atom. The van der Waals surface area contributed by atoms with Crippen molar-refractivity contribution < 1.29 is 14.7 Å². The molecule has 4 heteroatoms. The zero-order valence-electron chi connectivity index (χ0n) is 12.4. The molecule has 2 aromatic carbocycles. The molecule has 1 atom stereocenters. The molecular formula is C17H19NO3. The lowest BCUT2D eigenvalue weighted by Gasteiger charge is -2.25. The van der Waals surface area contributed by atoms with Gasteiger partial charge in [0.2, 0.25) is 5.91 Å². The van der Waals surface area contributed by atoms with E-state index in [2.05, 4.69) is 5.32 Å². The first-order valence-corrected chi connectivity index (χ1v) is 6.81. The fraction of sp³-hybridized carbons (Fsp3) is 0.294. The fourth-order valence-electron chi connectivity index (χ4n) is 2.36. The van der Waals surface area contributed by atoms with Gasteiger partial charge < -0.3 is 10.4 Å². The molecule has 0 fully saturated rings. The highest BCUT2D eigenvalue weighted by Crippen LogP contribution is 2.28. The smallest absolute Gasteiger partial charge is 0.316 e. The summed E-state index contributed by atoms with van der Waals surface area (Å²) in [5.74, 6) is -2.70. The average Bonchev–Trinajstić information content (AvgIpc) is 2.36. The van der Waals surface area contributed by atoms with Gasteiger partial charge in [-0.25, -0.2) is 0 Å². The van der Waals surface area contributed by atoms with Crippen molar-refractivity contribution in [2.24, 2.45) is 11.3 Å². The molecule has 2 rings (SSSR count). The van der Waals surface area contributed by atoms with E-state index in [4.69, 9.17) is 0 Å². The van der Waals surface area contributed by atoms with Crippen molar-refractivity contribution in [3.8, 4) is 0 Å². The van der Waals surface area contributed by atoms with Crippen molar-refractivity contribution >= 4 is 28.3 Å². The Kier molecular flexibility index (Phi) is 3.98. The molecule has 110 valence electrons. The third kappa shape index (κ3) is 3.40. The number of carboxylic acids is 1. The second kappa shape index (κ2) is 5.56. The van der Waals surface area contributed by atoms with Gasteiger partial charge in [0.25, 0.3) is 0 Å². The molecule has 0 aromatic heterocycles. The van der Waals surface area contributed by atoms with Crippen LogP contribution in [0.25, 0.3) is 10.8 Å². The molecule has 4 nitrogen and oxygen atoms in total. The summed E-state index contributed by atoms with van der Waals surface area (Å²) in [6.45, 7) is 5.23. The number of benzene rings is 2. The Morgan fingerprint density at radius 1 is 1.05 bits per heavy atom. The maximum atomic E-state index is 12.2. The maximum absolute atomic E-state index is 12.2. The summed E-state index contributed by atoms with van der Waals surface area (Å²) in [7, 11) is 0. The fourth-order valence-corrected chi connectivity index (χ4v) is 2.36. The molecule has 0 saturated heterocycles. The van der Waals surface area contributed by atoms with Gasteiger partial charge in [-0.05, 0) is 28.3 Å². The Balaban J connectivity index is 2.26. The zero-order chi connectivity index (χ0) is 15.6. The van der Waals surface area contributed by atoms with E-state index in [1.807, 2.05) is 36.4 Å². The quantitative estimate of drug-likeness (QED) is 0.848. The Morgan fingerprint density at radius 3 is 2.24 bits per heavy atom. The minimum Gasteiger partial charge on any atom is -0.481 e. The Bertz CT molecular complexity index is 686. The largest absolute Gasteiger partial charge is 0.481 e. The van der Waals surface area contributed by atoms with Crippen LogP contribution >= 0.6 is 0 Å². The molecule has 0 aliphatic carbocycles. The van der Waals surface area contributed by atoms with E-state index in [-0.39, 0.29) is 0 Å². The third-order valence-corrected chi connectivity index (χ3v) is 3.39. The van der Waals surface area contributed by atoms with Gasteiger partial charge in [-0.2, -0.15) is 0 Å². The highest BCUT2D eigenvalue weighted by atomic mass is 16.4. The zero-order valence-corrected chi connectivity index (χ0v) is 12.4. The molecule has 0 saturated carbocycles. The van der Waals surface area contributed by atoms with Crippen LogP contribution in [0.1, 0.15) is 20.8 Å².